The summed E-state index contributed by atoms with van der Waals surface area (Å²) < 4.78 is 5.70. The van der Waals surface area contributed by atoms with Gasteiger partial charge in [0.15, 0.2) is 0 Å². The number of carbonyl (C=O) groups excluding carboxylic acids is 16. The van der Waals surface area contributed by atoms with Crippen LogP contribution in [-0.4, -0.2) is 224 Å². The fourth-order valence-electron chi connectivity index (χ4n) is 12.1. The third-order valence-corrected chi connectivity index (χ3v) is 19.2. The van der Waals surface area contributed by atoms with Crippen molar-refractivity contribution < 1.29 is 96.5 Å². The Balaban J connectivity index is 1.44. The zero-order valence-corrected chi connectivity index (χ0v) is 64.2. The Kier molecular flexibility index (Phi) is 35.6. The topological polar surface area (TPSA) is 646 Å². The highest BCUT2D eigenvalue weighted by Crippen LogP contribution is 2.23. The lowest BCUT2D eigenvalue weighted by atomic mass is 9.99. The van der Waals surface area contributed by atoms with Crippen LogP contribution in [0.3, 0.4) is 0 Å². The number of aliphatic hydroxyl groups excluding tert-OH is 1. The number of aliphatic hydroxyl groups is 1. The summed E-state index contributed by atoms with van der Waals surface area (Å²) >= 11 is 0.918. The van der Waals surface area contributed by atoms with E-state index in [4.69, 9.17) is 33.4 Å². The summed E-state index contributed by atoms with van der Waals surface area (Å²) in [6.07, 6.45) is -4.09. The number of carboxylic acids is 1. The lowest BCUT2D eigenvalue weighted by Crippen LogP contribution is -2.62. The van der Waals surface area contributed by atoms with Gasteiger partial charge in [-0.1, -0.05) is 62.4 Å². The number of fused-ring (bicyclic) bond motifs is 2. The number of H-pyrrole nitrogens is 2. The van der Waals surface area contributed by atoms with Gasteiger partial charge in [-0.25, -0.2) is 0 Å². The molecule has 0 aliphatic carbocycles. The van der Waals surface area contributed by atoms with E-state index < -0.39 is 230 Å². The average molecular weight is 1610 g/mol. The first kappa shape index (κ1) is 90.7. The van der Waals surface area contributed by atoms with E-state index in [1.165, 1.54) is 0 Å². The fourth-order valence-corrected chi connectivity index (χ4v) is 13.2. The van der Waals surface area contributed by atoms with Crippen LogP contribution in [0, 0.1) is 5.92 Å². The maximum atomic E-state index is 15.6. The number of rotatable bonds is 38. The predicted molar refractivity (Wildman–Crippen MR) is 413 cm³/mol. The van der Waals surface area contributed by atoms with Crippen LogP contribution in [0.4, 0.5) is 0 Å². The minimum absolute atomic E-state index is 0.115. The first-order valence-corrected chi connectivity index (χ1v) is 38.0. The number of aliphatic carboxylic acids is 1. The molecule has 0 saturated carbocycles. The molecule has 618 valence electrons. The molecule has 5 aromatic rings. The average Bonchev–Trinajstić information content (AvgIpc) is 1.65. The van der Waals surface area contributed by atoms with Gasteiger partial charge in [0.05, 0.1) is 19.1 Å². The number of benzene rings is 3. The van der Waals surface area contributed by atoms with E-state index in [0.717, 1.165) is 25.6 Å². The molecule has 12 atom stereocenters. The molecule has 3 aromatic carbocycles. The Morgan fingerprint density at radius 2 is 1.07 bits per heavy atom. The van der Waals surface area contributed by atoms with E-state index in [9.17, 15) is 72.5 Å². The molecule has 39 nitrogen and oxygen atoms in total. The van der Waals surface area contributed by atoms with E-state index in [-0.39, 0.29) is 63.3 Å². The SMILES string of the molecule is CC(=O)N[C@H]1CCSC[C@@H](C(=O)N[C@@H](Cc2ccc(OCCN)cc2)C(=O)N[C@@H](Cc2c[nH]c3ccccc23)C(=O)N[C@@H](CCC(C)C)C(=O)N[C@@H](CCC(=O)O)C(=O)N[C@@H](CC(N)=O)C(=O)NCC(N)=O)NC(=O)[C@H](CCC(N)=O)NC(=O)[C@H](Cc2c[nH]c3ccccc23)NC(=O)[C@H]([C@@H](C)O)NC(=O)[C@H](CCC(N)=O)NC1=O. The van der Waals surface area contributed by atoms with Gasteiger partial charge in [-0.3, -0.25) is 81.5 Å². The molecule has 1 aliphatic rings. The minimum Gasteiger partial charge on any atom is -0.492 e. The number of primary amides is 4. The predicted octanol–water partition coefficient (Wildman–Crippen LogP) is -4.81. The minimum atomic E-state index is -1.89. The maximum absolute atomic E-state index is 15.6. The molecular formula is C74H101N19O20S. The quantitative estimate of drug-likeness (QED) is 0.0176. The van der Waals surface area contributed by atoms with Gasteiger partial charge in [0.2, 0.25) is 94.5 Å². The van der Waals surface area contributed by atoms with Crippen molar-refractivity contribution in [1.82, 2.24) is 73.8 Å². The Bertz CT molecular complexity index is 4290. The summed E-state index contributed by atoms with van der Waals surface area (Å²) in [7, 11) is 0. The van der Waals surface area contributed by atoms with Crippen LogP contribution in [-0.2, 0) is 101 Å². The molecule has 1 aliphatic heterocycles. The highest BCUT2D eigenvalue weighted by molar-refractivity contribution is 7.99. The number of para-hydroxylation sites is 2. The lowest BCUT2D eigenvalue weighted by Gasteiger charge is -2.29. The second-order valence-electron chi connectivity index (χ2n) is 27.8. The Hall–Kier alpha value is -12.2. The van der Waals surface area contributed by atoms with Crippen molar-refractivity contribution in [3.63, 3.8) is 0 Å². The number of aromatic nitrogens is 2. The number of nitrogens with two attached hydrogens (primary N) is 5. The molecule has 0 bridgehead atoms. The lowest BCUT2D eigenvalue weighted by molar-refractivity contribution is -0.139. The van der Waals surface area contributed by atoms with Gasteiger partial charge in [-0.15, -0.1) is 0 Å². The van der Waals surface area contributed by atoms with Crippen LogP contribution < -0.4 is 97.2 Å². The number of amides is 16. The van der Waals surface area contributed by atoms with Crippen molar-refractivity contribution in [3.05, 3.63) is 102 Å². The first-order chi connectivity index (χ1) is 54.1. The van der Waals surface area contributed by atoms with Crippen LogP contribution in [0.15, 0.2) is 85.2 Å². The second kappa shape index (κ2) is 44.7. The Morgan fingerprint density at radius 1 is 0.553 bits per heavy atom. The van der Waals surface area contributed by atoms with E-state index >= 15 is 19.2 Å². The number of carbonyl (C=O) groups is 17. The van der Waals surface area contributed by atoms with Crippen molar-refractivity contribution in [2.24, 2.45) is 34.6 Å². The normalized spacial score (nSPS) is 18.9. The van der Waals surface area contributed by atoms with Crippen molar-refractivity contribution in [2.45, 2.75) is 184 Å². The number of hydrogen-bond donors (Lipinski definition) is 21. The number of thioether (sulfide) groups is 1. The maximum Gasteiger partial charge on any atom is 0.303 e. The standard InChI is InChI=1S/C74H101N19O20S/c1-37(2)13-18-48(65(103)85-51(21-24-62(100)101)66(104)90-56(32-60(78)98)64(102)82-35-61(79)99)86-71(109)54(30-41-33-80-46-11-7-5-9-44(41)46)89-70(108)53(29-40-14-16-43(17-15-40)113-27-26-75)88-73(111)57-36-114-28-25-52(83-39(4)95)68(106)84-50(20-23-59(77)97)69(107)93-63(38(3)94)74(112)91-55(31-42-34-81-47-12-8-6-10-45(42)47)72(110)87-49(67(105)92-57)19-22-58(76)96/h5-12,14-17,33-34,37-38,48-57,63,80-81,94H,13,18-32,35-36,75H2,1-4H3,(H2,76,96)(H2,77,97)(H2,78,98)(H2,79,99)(H,82,102)(H,83,95)(H,84,106)(H,85,103)(H,86,109)(H,87,110)(H,88,111)(H,89,108)(H,90,104)(H,91,112)(H,92,105)(H,93,107)(H,100,101)/t38-,48+,49+,50+,51+,52+,53+,54+,55+,56+,57+,63+/m1/s1. The smallest absolute Gasteiger partial charge is 0.303 e. The van der Waals surface area contributed by atoms with Crippen LogP contribution in [0.1, 0.15) is 109 Å². The molecule has 26 N–H and O–H groups in total. The van der Waals surface area contributed by atoms with Crippen LogP contribution >= 0.6 is 11.8 Å². The number of carboxylic acid groups (broad SMARTS) is 1. The Morgan fingerprint density at radius 3 is 1.62 bits per heavy atom. The Labute approximate surface area is 658 Å². The summed E-state index contributed by atoms with van der Waals surface area (Å²) in [5.74, 6) is -18.4. The van der Waals surface area contributed by atoms with Crippen LogP contribution in [0.5, 0.6) is 5.75 Å². The summed E-state index contributed by atoms with van der Waals surface area (Å²) in [4.78, 5) is 241. The van der Waals surface area contributed by atoms with Gasteiger partial charge in [0.25, 0.3) is 0 Å². The molecule has 1 saturated heterocycles. The van der Waals surface area contributed by atoms with Crippen LogP contribution in [0.25, 0.3) is 21.8 Å². The monoisotopic (exact) mass is 1610 g/mol. The number of aromatic amines is 2. The van der Waals surface area contributed by atoms with Gasteiger partial charge in [-0.05, 0) is 98.1 Å². The van der Waals surface area contributed by atoms with E-state index in [2.05, 4.69) is 73.8 Å². The molecule has 40 heteroatoms. The molecule has 3 heterocycles. The van der Waals surface area contributed by atoms with E-state index in [1.54, 1.807) is 99.0 Å². The molecule has 2 aromatic heterocycles. The molecular weight excluding hydrogens is 1510 g/mol. The van der Waals surface area contributed by atoms with E-state index in [1.807, 2.05) is 0 Å². The largest absolute Gasteiger partial charge is 0.492 e. The highest BCUT2D eigenvalue weighted by Gasteiger charge is 2.39. The summed E-state index contributed by atoms with van der Waals surface area (Å²) in [6, 6.07) is 1.22. The molecule has 0 spiro atoms. The van der Waals surface area contributed by atoms with E-state index in [0.29, 0.717) is 44.2 Å². The van der Waals surface area contributed by atoms with Crippen molar-refractivity contribution >= 4 is 134 Å². The van der Waals surface area contributed by atoms with Crippen molar-refractivity contribution in [2.75, 3.05) is 31.2 Å². The fraction of sp³-hybridized carbons (Fsp3) is 0.473. The molecule has 1 fully saturated rings. The summed E-state index contributed by atoms with van der Waals surface area (Å²) in [5.41, 5.74) is 29.8. The first-order valence-electron chi connectivity index (χ1n) is 36.8. The van der Waals surface area contributed by atoms with Gasteiger partial charge in [0.1, 0.15) is 78.8 Å². The molecule has 0 unspecified atom stereocenters. The molecule has 6 rings (SSSR count). The second-order valence-corrected chi connectivity index (χ2v) is 28.9. The highest BCUT2D eigenvalue weighted by atomic mass is 32.2. The third kappa shape index (κ3) is 29.5. The van der Waals surface area contributed by atoms with Crippen LogP contribution in [0.2, 0.25) is 0 Å². The van der Waals surface area contributed by atoms with Gasteiger partial charge in [-0.2, -0.15) is 11.8 Å². The zero-order chi connectivity index (χ0) is 83.9. The van der Waals surface area contributed by atoms with Gasteiger partial charge in [0, 0.05) is 91.9 Å². The van der Waals surface area contributed by atoms with Gasteiger partial charge >= 0.3 is 5.97 Å². The zero-order valence-electron chi connectivity index (χ0n) is 63.4. The van der Waals surface area contributed by atoms with Crippen molar-refractivity contribution in [3.8, 4) is 5.75 Å². The number of nitrogens with one attached hydrogen (secondary N) is 14. The van der Waals surface area contributed by atoms with Gasteiger partial charge < -0.3 is 117 Å². The van der Waals surface area contributed by atoms with Crippen molar-refractivity contribution in [1.29, 1.82) is 0 Å². The molecule has 114 heavy (non-hydrogen) atoms. The molecule has 16 amide bonds. The summed E-state index contributed by atoms with van der Waals surface area (Å²) in [6.45, 7) is 5.38. The number of ether oxygens (including phenoxy) is 1. The molecule has 0 radical (unpaired) electrons. The summed E-state index contributed by atoms with van der Waals surface area (Å²) in [5, 5.41) is 52.1. The number of hydrogen-bond acceptors (Lipinski definition) is 21. The third-order valence-electron chi connectivity index (χ3n) is 18.1.